The van der Waals surface area contributed by atoms with Crippen LogP contribution in [0.1, 0.15) is 38.5 Å². The van der Waals surface area contributed by atoms with E-state index in [0.717, 1.165) is 51.9 Å². The fourth-order valence-corrected chi connectivity index (χ4v) is 2.85. The average molecular weight is 286 g/mol. The van der Waals surface area contributed by atoms with Crippen molar-refractivity contribution in [2.75, 3.05) is 33.0 Å². The van der Waals surface area contributed by atoms with E-state index < -0.39 is 0 Å². The van der Waals surface area contributed by atoms with Crippen LogP contribution in [0.5, 0.6) is 0 Å². The molecule has 5 heteroatoms. The van der Waals surface area contributed by atoms with Crippen molar-refractivity contribution < 1.29 is 23.7 Å². The molecule has 0 bridgehead atoms. The summed E-state index contributed by atoms with van der Waals surface area (Å²) in [5, 5.41) is 0. The molecule has 2 saturated heterocycles. The monoisotopic (exact) mass is 286 g/mol. The molecule has 116 valence electrons. The van der Waals surface area contributed by atoms with Gasteiger partial charge in [-0.1, -0.05) is 0 Å². The molecule has 1 aliphatic carbocycles. The zero-order chi connectivity index (χ0) is 13.6. The maximum absolute atomic E-state index is 5.85. The molecule has 0 spiro atoms. The lowest BCUT2D eigenvalue weighted by Gasteiger charge is -2.23. The first-order valence-corrected chi connectivity index (χ1v) is 7.98. The van der Waals surface area contributed by atoms with Gasteiger partial charge in [-0.25, -0.2) is 0 Å². The van der Waals surface area contributed by atoms with Crippen LogP contribution in [0, 0.1) is 0 Å². The van der Waals surface area contributed by atoms with Crippen LogP contribution in [0.3, 0.4) is 0 Å². The lowest BCUT2D eigenvalue weighted by atomic mass is 10.2. The molecule has 0 N–H and O–H groups in total. The van der Waals surface area contributed by atoms with Gasteiger partial charge in [0, 0.05) is 6.61 Å². The van der Waals surface area contributed by atoms with Crippen molar-refractivity contribution in [3.05, 3.63) is 0 Å². The van der Waals surface area contributed by atoms with Gasteiger partial charge in [-0.3, -0.25) is 0 Å². The van der Waals surface area contributed by atoms with Gasteiger partial charge in [-0.15, -0.1) is 0 Å². The van der Waals surface area contributed by atoms with E-state index in [0.29, 0.717) is 31.5 Å². The van der Waals surface area contributed by atoms with E-state index in [-0.39, 0.29) is 6.29 Å². The van der Waals surface area contributed by atoms with Crippen molar-refractivity contribution in [1.82, 2.24) is 0 Å². The van der Waals surface area contributed by atoms with E-state index in [9.17, 15) is 0 Å². The van der Waals surface area contributed by atoms with E-state index in [4.69, 9.17) is 23.7 Å². The van der Waals surface area contributed by atoms with Crippen LogP contribution >= 0.6 is 0 Å². The molecule has 3 aliphatic rings. The van der Waals surface area contributed by atoms with Gasteiger partial charge in [0.05, 0.1) is 38.6 Å². The smallest absolute Gasteiger partial charge is 0.157 e. The van der Waals surface area contributed by atoms with Crippen molar-refractivity contribution in [2.45, 2.75) is 63.1 Å². The first-order valence-electron chi connectivity index (χ1n) is 7.98. The van der Waals surface area contributed by atoms with Crippen LogP contribution in [-0.2, 0) is 23.7 Å². The first kappa shape index (κ1) is 14.7. The zero-order valence-corrected chi connectivity index (χ0v) is 12.1. The zero-order valence-electron chi connectivity index (χ0n) is 12.1. The minimum absolute atomic E-state index is 0.00875. The predicted molar refractivity (Wildman–Crippen MR) is 72.6 cm³/mol. The summed E-state index contributed by atoms with van der Waals surface area (Å²) in [5.74, 6) is 0. The van der Waals surface area contributed by atoms with Crippen LogP contribution in [-0.4, -0.2) is 57.6 Å². The van der Waals surface area contributed by atoms with Gasteiger partial charge >= 0.3 is 0 Å². The number of rotatable bonds is 8. The minimum atomic E-state index is -0.00875. The van der Waals surface area contributed by atoms with Crippen molar-refractivity contribution >= 4 is 0 Å². The molecule has 0 aromatic carbocycles. The Kier molecular flexibility index (Phi) is 5.67. The molecule has 0 aromatic rings. The molecule has 4 atom stereocenters. The average Bonchev–Trinajstić information content (AvgIpc) is 3.21. The molecule has 20 heavy (non-hydrogen) atoms. The third-order valence-electron chi connectivity index (χ3n) is 4.14. The normalized spacial score (nSPS) is 37.2. The first-order chi connectivity index (χ1) is 9.90. The molecule has 2 aliphatic heterocycles. The van der Waals surface area contributed by atoms with Gasteiger partial charge in [0.2, 0.25) is 0 Å². The highest BCUT2D eigenvalue weighted by Crippen LogP contribution is 2.25. The molecule has 0 aromatic heterocycles. The Bertz CT molecular complexity index is 275. The highest BCUT2D eigenvalue weighted by atomic mass is 16.7. The summed E-state index contributed by atoms with van der Waals surface area (Å²) < 4.78 is 28.0. The van der Waals surface area contributed by atoms with Crippen LogP contribution in [0.2, 0.25) is 0 Å². The maximum atomic E-state index is 5.85. The molecule has 0 radical (unpaired) electrons. The Balaban J connectivity index is 1.20. The standard InChI is InChI=1S/C15H26O5/c1-2-6-17-15(3-1)18-8-7-16-12-4-5-13(9-12)19-10-14-11-20-14/h12-15H,1-11H2. The summed E-state index contributed by atoms with van der Waals surface area (Å²) in [7, 11) is 0. The van der Waals surface area contributed by atoms with Gasteiger partial charge in [-0.2, -0.15) is 0 Å². The van der Waals surface area contributed by atoms with Gasteiger partial charge in [0.25, 0.3) is 0 Å². The van der Waals surface area contributed by atoms with Crippen molar-refractivity contribution in [3.63, 3.8) is 0 Å². The van der Waals surface area contributed by atoms with Crippen molar-refractivity contribution in [2.24, 2.45) is 0 Å². The second kappa shape index (κ2) is 7.71. The Labute approximate surface area is 120 Å². The topological polar surface area (TPSA) is 49.5 Å². The summed E-state index contributed by atoms with van der Waals surface area (Å²) in [6.07, 6.45) is 7.62. The molecule has 2 heterocycles. The number of ether oxygens (including phenoxy) is 5. The fraction of sp³-hybridized carbons (Fsp3) is 1.00. The number of hydrogen-bond donors (Lipinski definition) is 0. The van der Waals surface area contributed by atoms with E-state index >= 15 is 0 Å². The van der Waals surface area contributed by atoms with Crippen LogP contribution in [0.25, 0.3) is 0 Å². The second-order valence-electron chi connectivity index (χ2n) is 5.88. The Morgan fingerprint density at radius 3 is 2.40 bits per heavy atom. The summed E-state index contributed by atoms with van der Waals surface area (Å²) in [6.45, 7) is 3.73. The molecule has 0 amide bonds. The van der Waals surface area contributed by atoms with Crippen LogP contribution < -0.4 is 0 Å². The predicted octanol–water partition coefficient (Wildman–Crippen LogP) is 1.88. The van der Waals surface area contributed by atoms with Gasteiger partial charge in [-0.05, 0) is 38.5 Å². The number of hydrogen-bond acceptors (Lipinski definition) is 5. The van der Waals surface area contributed by atoms with Gasteiger partial charge in [0.1, 0.15) is 6.10 Å². The third-order valence-corrected chi connectivity index (χ3v) is 4.14. The molecule has 3 rings (SSSR count). The highest BCUT2D eigenvalue weighted by Gasteiger charge is 2.29. The summed E-state index contributed by atoms with van der Waals surface area (Å²) in [6, 6.07) is 0. The van der Waals surface area contributed by atoms with Gasteiger partial charge in [0.15, 0.2) is 6.29 Å². The summed E-state index contributed by atoms with van der Waals surface area (Å²) >= 11 is 0. The van der Waals surface area contributed by atoms with E-state index in [1.54, 1.807) is 0 Å². The maximum Gasteiger partial charge on any atom is 0.157 e. The molecule has 3 fully saturated rings. The molecular weight excluding hydrogens is 260 g/mol. The van der Waals surface area contributed by atoms with E-state index in [2.05, 4.69) is 0 Å². The molecule has 1 saturated carbocycles. The van der Waals surface area contributed by atoms with Crippen molar-refractivity contribution in [1.29, 1.82) is 0 Å². The van der Waals surface area contributed by atoms with Gasteiger partial charge < -0.3 is 23.7 Å². The third kappa shape index (κ3) is 4.97. The summed E-state index contributed by atoms with van der Waals surface area (Å²) in [5.41, 5.74) is 0. The number of epoxide rings is 1. The molecular formula is C15H26O5. The quantitative estimate of drug-likeness (QED) is 0.504. The Hall–Kier alpha value is -0.200. The lowest BCUT2D eigenvalue weighted by Crippen LogP contribution is -2.24. The molecule has 4 unspecified atom stereocenters. The van der Waals surface area contributed by atoms with E-state index in [1.165, 1.54) is 6.42 Å². The Morgan fingerprint density at radius 1 is 0.850 bits per heavy atom. The SMILES string of the molecule is C1CCC(OCCOC2CCC(OCC3CO3)C2)OC1. The van der Waals surface area contributed by atoms with Crippen LogP contribution in [0.4, 0.5) is 0 Å². The Morgan fingerprint density at radius 2 is 1.65 bits per heavy atom. The largest absolute Gasteiger partial charge is 0.376 e. The molecule has 5 nitrogen and oxygen atoms in total. The summed E-state index contributed by atoms with van der Waals surface area (Å²) in [4.78, 5) is 0. The van der Waals surface area contributed by atoms with Crippen LogP contribution in [0.15, 0.2) is 0 Å². The lowest BCUT2D eigenvalue weighted by molar-refractivity contribution is -0.171. The minimum Gasteiger partial charge on any atom is -0.376 e. The second-order valence-corrected chi connectivity index (χ2v) is 5.88. The highest BCUT2D eigenvalue weighted by molar-refractivity contribution is 4.78. The fourth-order valence-electron chi connectivity index (χ4n) is 2.85. The van der Waals surface area contributed by atoms with Crippen molar-refractivity contribution in [3.8, 4) is 0 Å². The van der Waals surface area contributed by atoms with E-state index in [1.807, 2.05) is 0 Å².